The summed E-state index contributed by atoms with van der Waals surface area (Å²) in [6.07, 6.45) is 3.67. The van der Waals surface area contributed by atoms with E-state index >= 15 is 0 Å². The number of amides is 1. The van der Waals surface area contributed by atoms with Gasteiger partial charge in [-0.05, 0) is 50.0 Å². The second kappa shape index (κ2) is 7.22. The summed E-state index contributed by atoms with van der Waals surface area (Å²) in [5.41, 5.74) is 3.05. The lowest BCUT2D eigenvalue weighted by Crippen LogP contribution is -2.44. The SMILES string of the molecule is Cc1cccc(OC2CCN(CC3=CC(=O)BC(=O)N3)CC2)c1C. The van der Waals surface area contributed by atoms with Gasteiger partial charge in [0.1, 0.15) is 17.5 Å². The Hall–Kier alpha value is -2.08. The van der Waals surface area contributed by atoms with Crippen LogP contribution in [0.3, 0.4) is 0 Å². The summed E-state index contributed by atoms with van der Waals surface area (Å²) in [7, 11) is -0.0325. The van der Waals surface area contributed by atoms with Crippen LogP contribution in [0.25, 0.3) is 0 Å². The van der Waals surface area contributed by atoms with E-state index in [2.05, 4.69) is 30.1 Å². The Labute approximate surface area is 143 Å². The molecule has 1 saturated heterocycles. The van der Waals surface area contributed by atoms with Gasteiger partial charge in [0.2, 0.25) is 0 Å². The molecule has 0 unspecified atom stereocenters. The molecule has 0 atom stereocenters. The van der Waals surface area contributed by atoms with Crippen LogP contribution >= 0.6 is 0 Å². The summed E-state index contributed by atoms with van der Waals surface area (Å²) in [6.45, 7) is 6.61. The first kappa shape index (κ1) is 16.8. The lowest BCUT2D eigenvalue weighted by molar-refractivity contribution is -0.108. The van der Waals surface area contributed by atoms with Crippen molar-refractivity contribution in [3.05, 3.63) is 41.1 Å². The number of carbonyl (C=O) groups is 2. The van der Waals surface area contributed by atoms with E-state index < -0.39 is 0 Å². The lowest BCUT2D eigenvalue weighted by atomic mass is 9.70. The van der Waals surface area contributed by atoms with E-state index in [1.54, 1.807) is 6.08 Å². The van der Waals surface area contributed by atoms with Gasteiger partial charge in [-0.1, -0.05) is 12.1 Å². The largest absolute Gasteiger partial charge is 0.490 e. The third-order valence-corrected chi connectivity index (χ3v) is 4.75. The number of nitrogens with one attached hydrogen (secondary N) is 1. The van der Waals surface area contributed by atoms with Crippen molar-refractivity contribution < 1.29 is 14.3 Å². The minimum absolute atomic E-state index is 0.0325. The van der Waals surface area contributed by atoms with Gasteiger partial charge in [0, 0.05) is 25.3 Å². The van der Waals surface area contributed by atoms with Crippen LogP contribution < -0.4 is 10.1 Å². The number of hydrogen-bond acceptors (Lipinski definition) is 4. The van der Waals surface area contributed by atoms with Crippen molar-refractivity contribution in [2.24, 2.45) is 0 Å². The zero-order valence-electron chi connectivity index (χ0n) is 14.3. The molecule has 24 heavy (non-hydrogen) atoms. The van der Waals surface area contributed by atoms with E-state index in [0.717, 1.165) is 31.7 Å². The predicted octanol–water partition coefficient (Wildman–Crippen LogP) is 1.72. The van der Waals surface area contributed by atoms with Gasteiger partial charge in [0.25, 0.3) is 0 Å². The Balaban J connectivity index is 1.52. The number of benzene rings is 1. The normalized spacial score (nSPS) is 19.5. The Morgan fingerprint density at radius 2 is 2.00 bits per heavy atom. The van der Waals surface area contributed by atoms with E-state index in [-0.39, 0.29) is 24.9 Å². The summed E-state index contributed by atoms with van der Waals surface area (Å²) in [6, 6.07) is 6.16. The molecule has 2 heterocycles. The fourth-order valence-electron chi connectivity index (χ4n) is 3.21. The Bertz CT molecular complexity index is 679. The van der Waals surface area contributed by atoms with Gasteiger partial charge in [-0.15, -0.1) is 0 Å². The molecule has 1 aromatic rings. The molecule has 0 spiro atoms. The highest BCUT2D eigenvalue weighted by molar-refractivity contribution is 6.99. The quantitative estimate of drug-likeness (QED) is 0.856. The molecule has 2 aliphatic rings. The predicted molar refractivity (Wildman–Crippen MR) is 94.8 cm³/mol. The highest BCUT2D eigenvalue weighted by Crippen LogP contribution is 2.25. The number of likely N-dealkylation sites (tertiary alicyclic amines) is 1. The van der Waals surface area contributed by atoms with Crippen molar-refractivity contribution in [2.75, 3.05) is 19.6 Å². The number of ether oxygens (including phenoxy) is 1. The minimum atomic E-state index is -0.203. The van der Waals surface area contributed by atoms with Crippen LogP contribution in [0.5, 0.6) is 5.75 Å². The van der Waals surface area contributed by atoms with Gasteiger partial charge >= 0.3 is 7.28 Å². The number of carbonyl (C=O) groups excluding carboxylic acids is 2. The standard InChI is InChI=1S/C18H23BN2O3/c1-12-4-3-5-16(13(12)2)24-15-6-8-21(9-7-15)11-14-10-17(22)19-18(23)20-14/h3-5,10,15,19H,6-9,11H2,1-2H3,(H,20,23). The molecule has 2 aliphatic heterocycles. The molecule has 0 bridgehead atoms. The Kier molecular flexibility index (Phi) is 5.04. The monoisotopic (exact) mass is 326 g/mol. The molecule has 0 saturated carbocycles. The number of aryl methyl sites for hydroxylation is 1. The first-order valence-corrected chi connectivity index (χ1v) is 8.50. The lowest BCUT2D eigenvalue weighted by Gasteiger charge is -2.33. The van der Waals surface area contributed by atoms with Crippen molar-refractivity contribution in [1.29, 1.82) is 0 Å². The molecular weight excluding hydrogens is 303 g/mol. The molecule has 6 heteroatoms. The number of allylic oxidation sites excluding steroid dienone is 1. The molecule has 0 radical (unpaired) electrons. The fourth-order valence-corrected chi connectivity index (χ4v) is 3.21. The maximum atomic E-state index is 11.5. The molecule has 1 fully saturated rings. The van der Waals surface area contributed by atoms with Crippen LogP contribution in [-0.4, -0.2) is 49.4 Å². The van der Waals surface area contributed by atoms with Crippen LogP contribution in [0.15, 0.2) is 30.0 Å². The first-order chi connectivity index (χ1) is 11.5. The van der Waals surface area contributed by atoms with Gasteiger partial charge in [-0.25, -0.2) is 0 Å². The number of rotatable bonds is 4. The highest BCUT2D eigenvalue weighted by Gasteiger charge is 2.24. The van der Waals surface area contributed by atoms with Gasteiger partial charge in [-0.3, -0.25) is 9.69 Å². The highest BCUT2D eigenvalue weighted by atomic mass is 16.5. The van der Waals surface area contributed by atoms with E-state index in [0.29, 0.717) is 12.2 Å². The fraction of sp³-hybridized carbons (Fsp3) is 0.444. The van der Waals surface area contributed by atoms with E-state index in [1.165, 1.54) is 11.1 Å². The molecule has 5 nitrogen and oxygen atoms in total. The van der Waals surface area contributed by atoms with Crippen molar-refractivity contribution in [3.8, 4) is 5.75 Å². The zero-order valence-corrected chi connectivity index (χ0v) is 14.3. The van der Waals surface area contributed by atoms with Crippen molar-refractivity contribution in [1.82, 2.24) is 10.2 Å². The second-order valence-corrected chi connectivity index (χ2v) is 6.65. The molecule has 1 aromatic carbocycles. The van der Waals surface area contributed by atoms with Crippen LogP contribution in [0.2, 0.25) is 0 Å². The van der Waals surface area contributed by atoms with Crippen molar-refractivity contribution in [3.63, 3.8) is 0 Å². The van der Waals surface area contributed by atoms with Crippen LogP contribution in [0, 0.1) is 13.8 Å². The third kappa shape index (κ3) is 4.06. The Morgan fingerprint density at radius 1 is 1.25 bits per heavy atom. The van der Waals surface area contributed by atoms with Gasteiger partial charge < -0.3 is 14.8 Å². The first-order valence-electron chi connectivity index (χ1n) is 8.50. The number of piperidine rings is 1. The molecule has 3 rings (SSSR count). The van der Waals surface area contributed by atoms with Gasteiger partial charge in [-0.2, -0.15) is 0 Å². The van der Waals surface area contributed by atoms with Crippen LogP contribution in [-0.2, 0) is 4.79 Å². The number of nitrogens with zero attached hydrogens (tertiary/aromatic N) is 1. The summed E-state index contributed by atoms with van der Waals surface area (Å²) in [5.74, 6) is 0.770. The molecule has 0 aromatic heterocycles. The van der Waals surface area contributed by atoms with Gasteiger partial charge in [0.05, 0.1) is 0 Å². The van der Waals surface area contributed by atoms with Crippen LogP contribution in [0.4, 0.5) is 4.79 Å². The summed E-state index contributed by atoms with van der Waals surface area (Å²) in [4.78, 5) is 25.2. The van der Waals surface area contributed by atoms with E-state index in [1.807, 2.05) is 12.1 Å². The molecule has 1 N–H and O–H groups in total. The second-order valence-electron chi connectivity index (χ2n) is 6.65. The summed E-state index contributed by atoms with van der Waals surface area (Å²) < 4.78 is 6.17. The Morgan fingerprint density at radius 3 is 2.71 bits per heavy atom. The maximum Gasteiger partial charge on any atom is 0.319 e. The molecule has 126 valence electrons. The maximum absolute atomic E-state index is 11.5. The smallest absolute Gasteiger partial charge is 0.319 e. The molecular formula is C18H23BN2O3. The summed E-state index contributed by atoms with van der Waals surface area (Å²) in [5, 5.41) is 2.79. The summed E-state index contributed by atoms with van der Waals surface area (Å²) >= 11 is 0. The molecule has 1 amide bonds. The topological polar surface area (TPSA) is 58.6 Å². The average Bonchev–Trinajstić information content (AvgIpc) is 2.53. The van der Waals surface area contributed by atoms with Crippen LogP contribution in [0.1, 0.15) is 24.0 Å². The van der Waals surface area contributed by atoms with Crippen molar-refractivity contribution >= 4 is 18.8 Å². The number of hydrogen-bond donors (Lipinski definition) is 1. The zero-order chi connectivity index (χ0) is 17.1. The van der Waals surface area contributed by atoms with Crippen molar-refractivity contribution in [2.45, 2.75) is 32.8 Å². The van der Waals surface area contributed by atoms with E-state index in [4.69, 9.17) is 4.74 Å². The van der Waals surface area contributed by atoms with Gasteiger partial charge in [0.15, 0.2) is 5.81 Å². The third-order valence-electron chi connectivity index (χ3n) is 4.75. The molecule has 0 aliphatic carbocycles. The minimum Gasteiger partial charge on any atom is -0.490 e. The van der Waals surface area contributed by atoms with E-state index in [9.17, 15) is 9.59 Å². The average molecular weight is 326 g/mol.